The molecule has 1 saturated heterocycles. The van der Waals surface area contributed by atoms with Gasteiger partial charge in [0.05, 0.1) is 5.60 Å². The second-order valence-electron chi connectivity index (χ2n) is 6.79. The lowest BCUT2D eigenvalue weighted by molar-refractivity contribution is -0.169. The van der Waals surface area contributed by atoms with Crippen LogP contribution in [0.4, 0.5) is 0 Å². The Balaban J connectivity index is 1.77. The molecule has 4 nitrogen and oxygen atoms in total. The maximum Gasteiger partial charge on any atom is 0.248 e. The lowest BCUT2D eigenvalue weighted by atomic mass is 9.80. The fourth-order valence-corrected chi connectivity index (χ4v) is 3.30. The van der Waals surface area contributed by atoms with Gasteiger partial charge in [0.25, 0.3) is 0 Å². The van der Waals surface area contributed by atoms with Gasteiger partial charge < -0.3 is 15.0 Å². The first-order valence-corrected chi connectivity index (χ1v) is 8.20. The summed E-state index contributed by atoms with van der Waals surface area (Å²) < 4.78 is 5.92. The molecule has 2 rings (SSSR count). The number of ether oxygens (including phenoxy) is 1. The Labute approximate surface area is 123 Å². The topological polar surface area (TPSA) is 41.6 Å². The van der Waals surface area contributed by atoms with Gasteiger partial charge in [0.15, 0.2) is 0 Å². The number of carbonyl (C=O) groups is 1. The molecule has 0 aromatic rings. The van der Waals surface area contributed by atoms with E-state index in [-0.39, 0.29) is 18.1 Å². The molecule has 1 aliphatic carbocycles. The van der Waals surface area contributed by atoms with Gasteiger partial charge in [0, 0.05) is 19.1 Å². The predicted molar refractivity (Wildman–Crippen MR) is 80.7 cm³/mol. The third kappa shape index (κ3) is 3.95. The summed E-state index contributed by atoms with van der Waals surface area (Å²) in [6.07, 6.45) is 5.75. The quantitative estimate of drug-likeness (QED) is 0.840. The van der Waals surface area contributed by atoms with Crippen molar-refractivity contribution < 1.29 is 9.53 Å². The Hall–Kier alpha value is -0.610. The van der Waals surface area contributed by atoms with Gasteiger partial charge >= 0.3 is 0 Å². The highest BCUT2D eigenvalue weighted by molar-refractivity contribution is 5.78. The van der Waals surface area contributed by atoms with Crippen molar-refractivity contribution in [2.45, 2.75) is 64.5 Å². The van der Waals surface area contributed by atoms with Gasteiger partial charge in [0.2, 0.25) is 5.91 Å². The van der Waals surface area contributed by atoms with Crippen molar-refractivity contribution in [3.05, 3.63) is 0 Å². The molecule has 0 aromatic carbocycles. The normalized spacial score (nSPS) is 31.3. The average Bonchev–Trinajstić information content (AvgIpc) is 2.44. The van der Waals surface area contributed by atoms with E-state index in [1.165, 1.54) is 19.3 Å². The molecular weight excluding hydrogens is 252 g/mol. The van der Waals surface area contributed by atoms with Gasteiger partial charge in [-0.3, -0.25) is 4.79 Å². The minimum atomic E-state index is -0.0554. The highest BCUT2D eigenvalue weighted by Crippen LogP contribution is 2.34. The van der Waals surface area contributed by atoms with Gasteiger partial charge in [-0.2, -0.15) is 0 Å². The van der Waals surface area contributed by atoms with E-state index in [0.717, 1.165) is 38.4 Å². The number of hydrogen-bond acceptors (Lipinski definition) is 3. The Kier molecular flexibility index (Phi) is 5.44. The zero-order chi connectivity index (χ0) is 14.6. The molecule has 1 aliphatic heterocycles. The molecule has 0 bridgehead atoms. The number of rotatable bonds is 5. The van der Waals surface area contributed by atoms with Crippen LogP contribution in [0.3, 0.4) is 0 Å². The smallest absolute Gasteiger partial charge is 0.248 e. The van der Waals surface area contributed by atoms with Crippen LogP contribution in [-0.4, -0.2) is 48.7 Å². The first kappa shape index (κ1) is 15.8. The molecular formula is C16H30N2O2. The summed E-state index contributed by atoms with van der Waals surface area (Å²) in [5.41, 5.74) is -0.0554. The van der Waals surface area contributed by atoms with Gasteiger partial charge in [0.1, 0.15) is 6.61 Å². The summed E-state index contributed by atoms with van der Waals surface area (Å²) in [5, 5.41) is 3.67. The fourth-order valence-electron chi connectivity index (χ4n) is 3.30. The van der Waals surface area contributed by atoms with Gasteiger partial charge in [-0.15, -0.1) is 0 Å². The predicted octanol–water partition coefficient (Wildman–Crippen LogP) is 2.18. The summed E-state index contributed by atoms with van der Waals surface area (Å²) in [5.74, 6) is 0.915. The number of carbonyl (C=O) groups excluding carboxylic acids is 1. The van der Waals surface area contributed by atoms with Crippen molar-refractivity contribution >= 4 is 5.91 Å². The molecule has 20 heavy (non-hydrogen) atoms. The van der Waals surface area contributed by atoms with Crippen molar-refractivity contribution in [3.63, 3.8) is 0 Å². The van der Waals surface area contributed by atoms with Gasteiger partial charge in [-0.25, -0.2) is 0 Å². The van der Waals surface area contributed by atoms with E-state index in [1.54, 1.807) is 0 Å². The van der Waals surface area contributed by atoms with Crippen molar-refractivity contribution in [3.8, 4) is 0 Å². The van der Waals surface area contributed by atoms with Gasteiger partial charge in [-0.1, -0.05) is 13.8 Å². The monoisotopic (exact) mass is 282 g/mol. The van der Waals surface area contributed by atoms with Crippen LogP contribution >= 0.6 is 0 Å². The summed E-state index contributed by atoms with van der Waals surface area (Å²) in [7, 11) is 0. The summed E-state index contributed by atoms with van der Waals surface area (Å²) >= 11 is 0. The summed E-state index contributed by atoms with van der Waals surface area (Å²) in [6, 6.07) is 0.635. The first-order valence-electron chi connectivity index (χ1n) is 8.20. The second kappa shape index (κ2) is 6.90. The maximum absolute atomic E-state index is 11.7. The fraction of sp³-hybridized carbons (Fsp3) is 0.938. The van der Waals surface area contributed by atoms with E-state index in [9.17, 15) is 4.79 Å². The van der Waals surface area contributed by atoms with Crippen LogP contribution < -0.4 is 5.32 Å². The van der Waals surface area contributed by atoms with Crippen LogP contribution in [-0.2, 0) is 9.53 Å². The number of morpholine rings is 1. The Morgan fingerprint density at radius 1 is 1.40 bits per heavy atom. The van der Waals surface area contributed by atoms with E-state index < -0.39 is 0 Å². The largest absolute Gasteiger partial charge is 0.363 e. The Bertz CT molecular complexity index is 322. The average molecular weight is 282 g/mol. The maximum atomic E-state index is 11.7. The number of hydrogen-bond donors (Lipinski definition) is 1. The highest BCUT2D eigenvalue weighted by Gasteiger charge is 2.41. The Morgan fingerprint density at radius 2 is 2.10 bits per heavy atom. The Morgan fingerprint density at radius 3 is 2.70 bits per heavy atom. The number of likely N-dealkylation sites (N-methyl/N-ethyl adjacent to an activating group) is 1. The summed E-state index contributed by atoms with van der Waals surface area (Å²) in [6.45, 7) is 9.58. The molecule has 1 saturated carbocycles. The van der Waals surface area contributed by atoms with Crippen LogP contribution in [0.2, 0.25) is 0 Å². The third-order valence-electron chi connectivity index (χ3n) is 4.77. The lowest BCUT2D eigenvalue weighted by Gasteiger charge is -2.46. The van der Waals surface area contributed by atoms with Crippen molar-refractivity contribution in [2.24, 2.45) is 5.92 Å². The minimum Gasteiger partial charge on any atom is -0.363 e. The highest BCUT2D eigenvalue weighted by atomic mass is 16.5. The number of nitrogens with one attached hydrogen (secondary N) is 1. The minimum absolute atomic E-state index is 0.0554. The number of amides is 1. The number of nitrogens with zero attached hydrogens (tertiary/aromatic N) is 1. The SMILES string of the molecule is CCN1CC2(CCC(NCCC(C)C)CC2)OCC1=O. The van der Waals surface area contributed by atoms with E-state index >= 15 is 0 Å². The molecule has 1 heterocycles. The van der Waals surface area contributed by atoms with Crippen molar-refractivity contribution in [1.82, 2.24) is 10.2 Å². The molecule has 2 fully saturated rings. The van der Waals surface area contributed by atoms with Crippen LogP contribution in [0.15, 0.2) is 0 Å². The van der Waals surface area contributed by atoms with Crippen LogP contribution in [0.1, 0.15) is 52.9 Å². The van der Waals surface area contributed by atoms with Crippen molar-refractivity contribution in [1.29, 1.82) is 0 Å². The van der Waals surface area contributed by atoms with Crippen LogP contribution in [0.5, 0.6) is 0 Å². The molecule has 1 spiro atoms. The second-order valence-corrected chi connectivity index (χ2v) is 6.79. The van der Waals surface area contributed by atoms with E-state index in [0.29, 0.717) is 6.04 Å². The first-order chi connectivity index (χ1) is 9.54. The molecule has 116 valence electrons. The van der Waals surface area contributed by atoms with E-state index in [1.807, 2.05) is 4.90 Å². The molecule has 0 atom stereocenters. The van der Waals surface area contributed by atoms with Crippen molar-refractivity contribution in [2.75, 3.05) is 26.2 Å². The summed E-state index contributed by atoms with van der Waals surface area (Å²) in [4.78, 5) is 13.7. The van der Waals surface area contributed by atoms with Crippen LogP contribution in [0.25, 0.3) is 0 Å². The van der Waals surface area contributed by atoms with E-state index in [4.69, 9.17) is 4.74 Å². The standard InChI is InChI=1S/C16H30N2O2/c1-4-18-12-16(20-11-15(18)19)8-5-14(6-9-16)17-10-7-13(2)3/h13-14,17H,4-12H2,1-3H3. The molecule has 4 heteroatoms. The molecule has 0 radical (unpaired) electrons. The van der Waals surface area contributed by atoms with E-state index in [2.05, 4.69) is 26.1 Å². The zero-order valence-electron chi connectivity index (χ0n) is 13.3. The lowest BCUT2D eigenvalue weighted by Crippen LogP contribution is -2.57. The molecule has 0 unspecified atom stereocenters. The molecule has 1 amide bonds. The molecule has 0 aromatic heterocycles. The van der Waals surface area contributed by atoms with Gasteiger partial charge in [-0.05, 0) is 51.5 Å². The molecule has 1 N–H and O–H groups in total. The van der Waals surface area contributed by atoms with Crippen LogP contribution in [0, 0.1) is 5.92 Å². The molecule has 2 aliphatic rings. The third-order valence-corrected chi connectivity index (χ3v) is 4.77. The zero-order valence-corrected chi connectivity index (χ0v) is 13.3.